The molecule has 0 spiro atoms. The van der Waals surface area contributed by atoms with Gasteiger partial charge >= 0.3 is 5.97 Å². The maximum Gasteiger partial charge on any atom is 0.338 e. The number of anilines is 1. The van der Waals surface area contributed by atoms with E-state index in [1.807, 2.05) is 36.4 Å². The second kappa shape index (κ2) is 8.59. The van der Waals surface area contributed by atoms with Crippen LogP contribution in [0.5, 0.6) is 0 Å². The molecule has 0 radical (unpaired) electrons. The van der Waals surface area contributed by atoms with Gasteiger partial charge in [-0.3, -0.25) is 4.79 Å². The lowest BCUT2D eigenvalue weighted by molar-refractivity contribution is -0.122. The number of ether oxygens (including phenoxy) is 1. The van der Waals surface area contributed by atoms with Crippen LogP contribution in [-0.4, -0.2) is 18.5 Å². The van der Waals surface area contributed by atoms with E-state index in [0.29, 0.717) is 18.6 Å². The normalized spacial score (nSPS) is 16.0. The third-order valence-electron chi connectivity index (χ3n) is 5.91. The SMILES string of the molecule is O=C(OCCc1ccc(NC(=O)C2CCC2)cc1)c1ccc2c(c1)CCCC2. The fourth-order valence-corrected chi connectivity index (χ4v) is 3.87. The fraction of sp³-hybridized carbons (Fsp3) is 0.417. The highest BCUT2D eigenvalue weighted by atomic mass is 16.5. The summed E-state index contributed by atoms with van der Waals surface area (Å²) in [6.07, 6.45) is 8.41. The van der Waals surface area contributed by atoms with Crippen molar-refractivity contribution in [1.82, 2.24) is 0 Å². The van der Waals surface area contributed by atoms with E-state index in [1.165, 1.54) is 24.0 Å². The van der Waals surface area contributed by atoms with Crippen LogP contribution in [0.15, 0.2) is 42.5 Å². The molecule has 2 aliphatic carbocycles. The Morgan fingerprint density at radius 2 is 1.68 bits per heavy atom. The summed E-state index contributed by atoms with van der Waals surface area (Å²) >= 11 is 0. The molecule has 1 saturated carbocycles. The summed E-state index contributed by atoms with van der Waals surface area (Å²) in [7, 11) is 0. The predicted octanol–water partition coefficient (Wildman–Crippen LogP) is 4.70. The topological polar surface area (TPSA) is 55.4 Å². The Morgan fingerprint density at radius 3 is 2.39 bits per heavy atom. The van der Waals surface area contributed by atoms with Crippen LogP contribution >= 0.6 is 0 Å². The molecule has 1 amide bonds. The van der Waals surface area contributed by atoms with Crippen LogP contribution in [0.4, 0.5) is 5.69 Å². The number of aryl methyl sites for hydroxylation is 2. The van der Waals surface area contributed by atoms with Gasteiger partial charge in [0.15, 0.2) is 0 Å². The number of esters is 1. The minimum atomic E-state index is -0.252. The van der Waals surface area contributed by atoms with Crippen molar-refractivity contribution in [3.05, 3.63) is 64.7 Å². The summed E-state index contributed by atoms with van der Waals surface area (Å²) in [5.41, 5.74) is 5.22. The van der Waals surface area contributed by atoms with Gasteiger partial charge in [-0.1, -0.05) is 24.6 Å². The Balaban J connectivity index is 1.25. The maximum atomic E-state index is 12.3. The Hall–Kier alpha value is -2.62. The molecule has 1 N–H and O–H groups in total. The lowest BCUT2D eigenvalue weighted by Crippen LogP contribution is -2.27. The standard InChI is InChI=1S/C24H27NO3/c26-23(19-6-3-7-19)25-22-12-8-17(9-13-22)14-15-28-24(27)21-11-10-18-4-1-2-5-20(18)16-21/h8-13,16,19H,1-7,14-15H2,(H,25,26). The zero-order chi connectivity index (χ0) is 19.3. The number of fused-ring (bicyclic) bond motifs is 1. The van der Waals surface area contributed by atoms with E-state index in [9.17, 15) is 9.59 Å². The second-order valence-corrected chi connectivity index (χ2v) is 7.89. The van der Waals surface area contributed by atoms with Gasteiger partial charge in [0, 0.05) is 18.0 Å². The average Bonchev–Trinajstić information content (AvgIpc) is 2.67. The van der Waals surface area contributed by atoms with Crippen LogP contribution in [0.1, 0.15) is 59.2 Å². The van der Waals surface area contributed by atoms with Crippen LogP contribution < -0.4 is 5.32 Å². The number of nitrogens with one attached hydrogen (secondary N) is 1. The van der Waals surface area contributed by atoms with Crippen LogP contribution in [-0.2, 0) is 28.8 Å². The average molecular weight is 377 g/mol. The zero-order valence-corrected chi connectivity index (χ0v) is 16.2. The highest BCUT2D eigenvalue weighted by Gasteiger charge is 2.25. The molecule has 2 aliphatic rings. The van der Waals surface area contributed by atoms with E-state index < -0.39 is 0 Å². The highest BCUT2D eigenvalue weighted by molar-refractivity contribution is 5.93. The van der Waals surface area contributed by atoms with Crippen molar-refractivity contribution >= 4 is 17.6 Å². The molecule has 0 heterocycles. The third-order valence-corrected chi connectivity index (χ3v) is 5.91. The van der Waals surface area contributed by atoms with Crippen LogP contribution in [0.3, 0.4) is 0 Å². The van der Waals surface area contributed by atoms with Gasteiger partial charge in [-0.25, -0.2) is 4.79 Å². The molecule has 2 aromatic rings. The predicted molar refractivity (Wildman–Crippen MR) is 109 cm³/mol. The molecule has 2 aromatic carbocycles. The Morgan fingerprint density at radius 1 is 0.929 bits per heavy atom. The molecular weight excluding hydrogens is 350 g/mol. The van der Waals surface area contributed by atoms with Crippen molar-refractivity contribution < 1.29 is 14.3 Å². The summed E-state index contributed by atoms with van der Waals surface area (Å²) < 4.78 is 5.46. The number of carbonyl (C=O) groups is 2. The van der Waals surface area contributed by atoms with Crippen molar-refractivity contribution in [3.63, 3.8) is 0 Å². The minimum absolute atomic E-state index is 0.123. The molecule has 0 bridgehead atoms. The van der Waals surface area contributed by atoms with Gasteiger partial charge < -0.3 is 10.1 Å². The maximum absolute atomic E-state index is 12.3. The Bertz CT molecular complexity index is 853. The molecule has 146 valence electrons. The third kappa shape index (κ3) is 4.44. The van der Waals surface area contributed by atoms with E-state index in [0.717, 1.165) is 43.4 Å². The fourth-order valence-electron chi connectivity index (χ4n) is 3.87. The van der Waals surface area contributed by atoms with Gasteiger partial charge in [0.1, 0.15) is 0 Å². The van der Waals surface area contributed by atoms with Gasteiger partial charge in [-0.05, 0) is 79.5 Å². The van der Waals surface area contributed by atoms with E-state index >= 15 is 0 Å². The summed E-state index contributed by atoms with van der Waals surface area (Å²) in [6, 6.07) is 13.7. The van der Waals surface area contributed by atoms with Crippen molar-refractivity contribution in [1.29, 1.82) is 0 Å². The first kappa shape index (κ1) is 18.7. The molecule has 4 heteroatoms. The van der Waals surface area contributed by atoms with E-state index in [-0.39, 0.29) is 17.8 Å². The summed E-state index contributed by atoms with van der Waals surface area (Å²) in [5.74, 6) is 0.0541. The first-order chi connectivity index (χ1) is 13.7. The Kier molecular flexibility index (Phi) is 5.75. The van der Waals surface area contributed by atoms with Crippen molar-refractivity contribution in [2.75, 3.05) is 11.9 Å². The monoisotopic (exact) mass is 377 g/mol. The van der Waals surface area contributed by atoms with Gasteiger partial charge in [-0.15, -0.1) is 0 Å². The lowest BCUT2D eigenvalue weighted by Gasteiger charge is -2.24. The van der Waals surface area contributed by atoms with Gasteiger partial charge in [0.2, 0.25) is 5.91 Å². The summed E-state index contributed by atoms with van der Waals surface area (Å²) in [6.45, 7) is 0.351. The number of rotatable bonds is 6. The molecule has 4 nitrogen and oxygen atoms in total. The van der Waals surface area contributed by atoms with E-state index in [4.69, 9.17) is 4.74 Å². The number of benzene rings is 2. The molecule has 0 saturated heterocycles. The highest BCUT2D eigenvalue weighted by Crippen LogP contribution is 2.27. The second-order valence-electron chi connectivity index (χ2n) is 7.89. The largest absolute Gasteiger partial charge is 0.462 e. The molecule has 0 aromatic heterocycles. The number of hydrogen-bond donors (Lipinski definition) is 1. The number of amides is 1. The first-order valence-corrected chi connectivity index (χ1v) is 10.4. The molecule has 0 atom stereocenters. The lowest BCUT2D eigenvalue weighted by atomic mass is 9.85. The van der Waals surface area contributed by atoms with Crippen LogP contribution in [0.25, 0.3) is 0 Å². The molecule has 0 aliphatic heterocycles. The Labute approximate surface area is 166 Å². The van der Waals surface area contributed by atoms with E-state index in [2.05, 4.69) is 11.4 Å². The van der Waals surface area contributed by atoms with Crippen molar-refractivity contribution in [2.24, 2.45) is 5.92 Å². The number of carbonyl (C=O) groups excluding carboxylic acids is 2. The van der Waals surface area contributed by atoms with E-state index in [1.54, 1.807) is 0 Å². The van der Waals surface area contributed by atoms with Crippen LogP contribution in [0.2, 0.25) is 0 Å². The van der Waals surface area contributed by atoms with Crippen molar-refractivity contribution in [2.45, 2.75) is 51.4 Å². The molecule has 28 heavy (non-hydrogen) atoms. The molecule has 1 fully saturated rings. The smallest absolute Gasteiger partial charge is 0.338 e. The summed E-state index contributed by atoms with van der Waals surface area (Å²) in [5, 5.41) is 2.97. The molecule has 0 unspecified atom stereocenters. The number of hydrogen-bond acceptors (Lipinski definition) is 3. The van der Waals surface area contributed by atoms with Crippen LogP contribution in [0, 0.1) is 5.92 Å². The van der Waals surface area contributed by atoms with Gasteiger partial charge in [0.05, 0.1) is 12.2 Å². The zero-order valence-electron chi connectivity index (χ0n) is 16.2. The quantitative estimate of drug-likeness (QED) is 0.742. The molecule has 4 rings (SSSR count). The minimum Gasteiger partial charge on any atom is -0.462 e. The van der Waals surface area contributed by atoms with Gasteiger partial charge in [0.25, 0.3) is 0 Å². The van der Waals surface area contributed by atoms with Gasteiger partial charge in [-0.2, -0.15) is 0 Å². The molecular formula is C24H27NO3. The summed E-state index contributed by atoms with van der Waals surface area (Å²) in [4.78, 5) is 24.3. The van der Waals surface area contributed by atoms with Crippen molar-refractivity contribution in [3.8, 4) is 0 Å². The first-order valence-electron chi connectivity index (χ1n) is 10.4.